The van der Waals surface area contributed by atoms with Gasteiger partial charge in [-0.1, -0.05) is 0 Å². The van der Waals surface area contributed by atoms with Gasteiger partial charge in [-0.3, -0.25) is 9.59 Å². The summed E-state index contributed by atoms with van der Waals surface area (Å²) in [5, 5.41) is 0. The van der Waals surface area contributed by atoms with Crippen molar-refractivity contribution < 1.29 is 9.59 Å². The van der Waals surface area contributed by atoms with Gasteiger partial charge in [0.1, 0.15) is 0 Å². The molecule has 0 unspecified atom stereocenters. The maximum atomic E-state index is 12.4. The Morgan fingerprint density at radius 3 is 2.12 bits per heavy atom. The quantitative estimate of drug-likeness (QED) is 0.825. The first-order valence-corrected chi connectivity index (χ1v) is 9.56. The van der Waals surface area contributed by atoms with E-state index in [0.29, 0.717) is 13.0 Å². The van der Waals surface area contributed by atoms with Gasteiger partial charge in [0.2, 0.25) is 11.8 Å². The van der Waals surface area contributed by atoms with Crippen molar-refractivity contribution in [2.24, 2.45) is 0 Å². The molecule has 3 rings (SSSR count). The lowest BCUT2D eigenvalue weighted by Gasteiger charge is -2.28. The van der Waals surface area contributed by atoms with Crippen LogP contribution in [0.15, 0.2) is 24.3 Å². The zero-order valence-electron chi connectivity index (χ0n) is 15.2. The van der Waals surface area contributed by atoms with Gasteiger partial charge >= 0.3 is 0 Å². The second-order valence-electron chi connectivity index (χ2n) is 7.07. The third-order valence-electron chi connectivity index (χ3n) is 5.27. The number of rotatable bonds is 5. The van der Waals surface area contributed by atoms with E-state index in [9.17, 15) is 9.59 Å². The largest absolute Gasteiger partial charge is 0.372 e. The molecule has 0 N–H and O–H groups in total. The fourth-order valence-corrected chi connectivity index (χ4v) is 3.80. The number of benzene rings is 1. The van der Waals surface area contributed by atoms with E-state index >= 15 is 0 Å². The van der Waals surface area contributed by atoms with E-state index in [1.807, 2.05) is 17.0 Å². The fourth-order valence-electron chi connectivity index (χ4n) is 3.80. The number of anilines is 2. The van der Waals surface area contributed by atoms with E-state index in [-0.39, 0.29) is 11.8 Å². The number of piperidine rings is 1. The number of likely N-dealkylation sites (tertiary alicyclic amines) is 1. The zero-order valence-corrected chi connectivity index (χ0v) is 15.2. The molecule has 0 atom stereocenters. The summed E-state index contributed by atoms with van der Waals surface area (Å²) >= 11 is 0. The van der Waals surface area contributed by atoms with Gasteiger partial charge in [0.15, 0.2) is 0 Å². The molecule has 0 saturated carbocycles. The average Bonchev–Trinajstić information content (AvgIpc) is 3.17. The second kappa shape index (κ2) is 8.37. The van der Waals surface area contributed by atoms with Crippen LogP contribution in [0.5, 0.6) is 0 Å². The average molecular weight is 343 g/mol. The third-order valence-corrected chi connectivity index (χ3v) is 5.27. The van der Waals surface area contributed by atoms with E-state index in [4.69, 9.17) is 0 Å². The van der Waals surface area contributed by atoms with Gasteiger partial charge in [0.25, 0.3) is 0 Å². The summed E-state index contributed by atoms with van der Waals surface area (Å²) < 4.78 is 0. The molecule has 1 aromatic carbocycles. The molecule has 0 bridgehead atoms. The number of carbonyl (C=O) groups excluding carboxylic acids is 2. The Kier molecular flexibility index (Phi) is 5.95. The molecule has 1 aromatic rings. The molecule has 5 nitrogen and oxygen atoms in total. The summed E-state index contributed by atoms with van der Waals surface area (Å²) in [6, 6.07) is 8.17. The zero-order chi connectivity index (χ0) is 17.6. The van der Waals surface area contributed by atoms with Crippen LogP contribution in [-0.4, -0.2) is 49.4 Å². The lowest BCUT2D eigenvalue weighted by molar-refractivity contribution is -0.131. The van der Waals surface area contributed by atoms with Gasteiger partial charge in [0.05, 0.1) is 0 Å². The van der Waals surface area contributed by atoms with Crippen molar-refractivity contribution in [2.45, 2.75) is 45.4 Å². The van der Waals surface area contributed by atoms with Crippen molar-refractivity contribution in [3.63, 3.8) is 0 Å². The van der Waals surface area contributed by atoms with Gasteiger partial charge < -0.3 is 14.7 Å². The monoisotopic (exact) mass is 343 g/mol. The molecule has 2 heterocycles. The smallest absolute Gasteiger partial charge is 0.224 e. The number of carbonyl (C=O) groups is 2. The van der Waals surface area contributed by atoms with E-state index in [1.54, 1.807) is 11.8 Å². The van der Waals surface area contributed by atoms with Crippen LogP contribution in [0.1, 0.15) is 45.4 Å². The maximum absolute atomic E-state index is 12.4. The predicted octanol–water partition coefficient (Wildman–Crippen LogP) is 3.04. The van der Waals surface area contributed by atoms with Crippen LogP contribution in [0, 0.1) is 0 Å². The highest BCUT2D eigenvalue weighted by Gasteiger charge is 2.19. The van der Waals surface area contributed by atoms with Crippen molar-refractivity contribution in [3.05, 3.63) is 24.3 Å². The molecule has 0 aliphatic carbocycles. The summed E-state index contributed by atoms with van der Waals surface area (Å²) in [6.07, 6.45) is 6.31. The number of hydrogen-bond acceptors (Lipinski definition) is 3. The lowest BCUT2D eigenvalue weighted by atomic mass is 10.1. The standard InChI is InChI=1S/C20H29N3O2/c1-17(24)23(16-11-20(25)22-14-3-2-4-15-22)19-9-7-18(8-10-19)21-12-5-6-13-21/h7-10H,2-6,11-16H2,1H3. The van der Waals surface area contributed by atoms with E-state index in [2.05, 4.69) is 17.0 Å². The molecular formula is C20H29N3O2. The molecule has 136 valence electrons. The number of nitrogens with zero attached hydrogens (tertiary/aromatic N) is 3. The number of amides is 2. The van der Waals surface area contributed by atoms with Gasteiger partial charge in [-0.25, -0.2) is 0 Å². The maximum Gasteiger partial charge on any atom is 0.224 e. The van der Waals surface area contributed by atoms with Gasteiger partial charge in [-0.05, 0) is 56.4 Å². The van der Waals surface area contributed by atoms with Crippen LogP contribution in [0.4, 0.5) is 11.4 Å². The first-order valence-electron chi connectivity index (χ1n) is 9.56. The van der Waals surface area contributed by atoms with Crippen LogP contribution in [0.25, 0.3) is 0 Å². The number of hydrogen-bond donors (Lipinski definition) is 0. The summed E-state index contributed by atoms with van der Waals surface area (Å²) in [4.78, 5) is 30.5. The van der Waals surface area contributed by atoms with Crippen LogP contribution in [0.2, 0.25) is 0 Å². The van der Waals surface area contributed by atoms with Crippen molar-refractivity contribution in [1.82, 2.24) is 4.90 Å². The Bertz CT molecular complexity index is 587. The molecule has 0 spiro atoms. The highest BCUT2D eigenvalue weighted by Crippen LogP contribution is 2.24. The minimum absolute atomic E-state index is 0.0135. The van der Waals surface area contributed by atoms with Gasteiger partial charge in [-0.2, -0.15) is 0 Å². The Labute approximate surface area is 150 Å². The van der Waals surface area contributed by atoms with Crippen molar-refractivity contribution >= 4 is 23.2 Å². The van der Waals surface area contributed by atoms with Crippen LogP contribution >= 0.6 is 0 Å². The second-order valence-corrected chi connectivity index (χ2v) is 7.07. The Morgan fingerprint density at radius 1 is 0.920 bits per heavy atom. The molecule has 5 heteroatoms. The Balaban J connectivity index is 1.60. The first-order chi connectivity index (χ1) is 12.1. The van der Waals surface area contributed by atoms with E-state index < -0.39 is 0 Å². The fraction of sp³-hybridized carbons (Fsp3) is 0.600. The van der Waals surface area contributed by atoms with E-state index in [1.165, 1.54) is 24.9 Å². The molecule has 25 heavy (non-hydrogen) atoms. The van der Waals surface area contributed by atoms with Gasteiger partial charge in [-0.15, -0.1) is 0 Å². The molecule has 0 aromatic heterocycles. The molecule has 0 radical (unpaired) electrons. The van der Waals surface area contributed by atoms with Crippen LogP contribution in [-0.2, 0) is 9.59 Å². The lowest BCUT2D eigenvalue weighted by Crippen LogP contribution is -2.38. The molecular weight excluding hydrogens is 314 g/mol. The molecule has 2 amide bonds. The SMILES string of the molecule is CC(=O)N(CCC(=O)N1CCCCC1)c1ccc(N2CCCC2)cc1. The highest BCUT2D eigenvalue weighted by atomic mass is 16.2. The topological polar surface area (TPSA) is 43.9 Å². The summed E-state index contributed by atoms with van der Waals surface area (Å²) in [5.74, 6) is 0.153. The molecule has 2 aliphatic heterocycles. The normalized spacial score (nSPS) is 17.6. The van der Waals surface area contributed by atoms with E-state index in [0.717, 1.165) is 44.7 Å². The summed E-state index contributed by atoms with van der Waals surface area (Å²) in [6.45, 7) is 5.97. The Morgan fingerprint density at radius 2 is 1.52 bits per heavy atom. The predicted molar refractivity (Wildman–Crippen MR) is 101 cm³/mol. The van der Waals surface area contributed by atoms with Crippen LogP contribution < -0.4 is 9.80 Å². The Hall–Kier alpha value is -2.04. The first kappa shape index (κ1) is 17.8. The van der Waals surface area contributed by atoms with Crippen LogP contribution in [0.3, 0.4) is 0 Å². The van der Waals surface area contributed by atoms with Crippen molar-refractivity contribution in [3.8, 4) is 0 Å². The molecule has 2 saturated heterocycles. The molecule has 2 fully saturated rings. The third kappa shape index (κ3) is 4.53. The summed E-state index contributed by atoms with van der Waals surface area (Å²) in [5.41, 5.74) is 2.09. The molecule has 2 aliphatic rings. The highest BCUT2D eigenvalue weighted by molar-refractivity contribution is 5.92. The summed E-state index contributed by atoms with van der Waals surface area (Å²) in [7, 11) is 0. The van der Waals surface area contributed by atoms with Gasteiger partial charge in [0, 0.05) is 57.4 Å². The minimum atomic E-state index is -0.0135. The van der Waals surface area contributed by atoms with Crippen molar-refractivity contribution in [2.75, 3.05) is 42.5 Å². The minimum Gasteiger partial charge on any atom is -0.372 e. The van der Waals surface area contributed by atoms with Crippen molar-refractivity contribution in [1.29, 1.82) is 0 Å².